The van der Waals surface area contributed by atoms with Gasteiger partial charge in [-0.3, -0.25) is 0 Å². The molecule has 26 heavy (non-hydrogen) atoms. The Morgan fingerprint density at radius 1 is 0.923 bits per heavy atom. The Labute approximate surface area is 168 Å². The molecule has 1 aliphatic rings. The van der Waals surface area contributed by atoms with E-state index in [1.165, 1.54) is 0 Å². The summed E-state index contributed by atoms with van der Waals surface area (Å²) in [6.07, 6.45) is 0.836. The normalized spacial score (nSPS) is 16.3. The van der Waals surface area contributed by atoms with Crippen molar-refractivity contribution < 1.29 is 8.42 Å². The van der Waals surface area contributed by atoms with E-state index < -0.39 is 10.0 Å². The third kappa shape index (κ3) is 3.49. The number of fused-ring (bicyclic) bond motifs is 3. The van der Waals surface area contributed by atoms with E-state index in [4.69, 9.17) is 0 Å². The van der Waals surface area contributed by atoms with Gasteiger partial charge >= 0.3 is 0 Å². The lowest BCUT2D eigenvalue weighted by atomic mass is 10.0. The zero-order valence-electron chi connectivity index (χ0n) is 14.1. The van der Waals surface area contributed by atoms with Gasteiger partial charge < -0.3 is 5.32 Å². The molecule has 4 nitrogen and oxygen atoms in total. The first-order chi connectivity index (χ1) is 12.1. The number of hydrogen-bond acceptors (Lipinski definition) is 3. The number of hydrogen-bond donors (Lipinski definition) is 1. The van der Waals surface area contributed by atoms with Gasteiger partial charge in [0, 0.05) is 24.1 Å². The van der Waals surface area contributed by atoms with E-state index in [1.54, 1.807) is 16.4 Å². The van der Waals surface area contributed by atoms with Crippen molar-refractivity contribution in [2.45, 2.75) is 11.3 Å². The number of sulfonamides is 1. The number of nitrogens with one attached hydrogen (secondary N) is 1. The number of halogens is 2. The van der Waals surface area contributed by atoms with Crippen molar-refractivity contribution in [3.05, 3.63) is 53.0 Å². The monoisotopic (exact) mass is 454 g/mol. The second-order valence-corrected chi connectivity index (χ2v) is 9.09. The molecule has 1 aliphatic heterocycles. The third-order valence-corrected chi connectivity index (χ3v) is 7.27. The Hall–Kier alpha value is -1.18. The zero-order chi connectivity index (χ0) is 17.4. The quantitative estimate of drug-likeness (QED) is 0.590. The molecule has 1 heterocycles. The van der Waals surface area contributed by atoms with Crippen LogP contribution in [0.3, 0.4) is 0 Å². The van der Waals surface area contributed by atoms with Crippen molar-refractivity contribution in [3.8, 4) is 0 Å². The van der Waals surface area contributed by atoms with E-state index in [0.29, 0.717) is 24.5 Å². The van der Waals surface area contributed by atoms with Crippen LogP contribution in [0, 0.1) is 0 Å². The fourth-order valence-electron chi connectivity index (χ4n) is 3.42. The third-order valence-electron chi connectivity index (χ3n) is 4.72. The van der Waals surface area contributed by atoms with Gasteiger partial charge in [0.05, 0.1) is 4.90 Å². The van der Waals surface area contributed by atoms with Crippen LogP contribution in [0.15, 0.2) is 57.9 Å². The molecule has 0 amide bonds. The minimum Gasteiger partial charge on any atom is -0.315 e. The Kier molecular flexibility index (Phi) is 5.89. The Morgan fingerprint density at radius 2 is 1.69 bits per heavy atom. The van der Waals surface area contributed by atoms with E-state index in [1.807, 2.05) is 24.3 Å². The summed E-state index contributed by atoms with van der Waals surface area (Å²) in [6, 6.07) is 15.6. The highest BCUT2D eigenvalue weighted by Gasteiger charge is 2.25. The van der Waals surface area contributed by atoms with Gasteiger partial charge in [-0.15, -0.1) is 12.4 Å². The summed E-state index contributed by atoms with van der Waals surface area (Å²) in [5.41, 5.74) is 0. The molecule has 0 atom stereocenters. The molecule has 0 aliphatic carbocycles. The number of benzene rings is 3. The van der Waals surface area contributed by atoms with Crippen LogP contribution in [-0.4, -0.2) is 38.9 Å². The van der Waals surface area contributed by atoms with Gasteiger partial charge in [0.1, 0.15) is 0 Å². The van der Waals surface area contributed by atoms with Gasteiger partial charge in [-0.05, 0) is 52.7 Å². The van der Waals surface area contributed by atoms with Crippen molar-refractivity contribution in [2.75, 3.05) is 26.2 Å². The van der Waals surface area contributed by atoms with Crippen LogP contribution >= 0.6 is 28.3 Å². The first-order valence-electron chi connectivity index (χ1n) is 8.39. The average molecular weight is 456 g/mol. The van der Waals surface area contributed by atoms with Crippen LogP contribution < -0.4 is 5.32 Å². The van der Waals surface area contributed by atoms with Gasteiger partial charge in [0.25, 0.3) is 0 Å². The largest absolute Gasteiger partial charge is 0.315 e. The van der Waals surface area contributed by atoms with Crippen molar-refractivity contribution >= 4 is 59.9 Å². The van der Waals surface area contributed by atoms with Crippen LogP contribution in [0.25, 0.3) is 21.5 Å². The summed E-state index contributed by atoms with van der Waals surface area (Å²) in [6.45, 7) is 2.64. The molecular formula is C19H20BrClN2O2S. The minimum atomic E-state index is -3.46. The zero-order valence-corrected chi connectivity index (χ0v) is 17.3. The molecule has 3 aromatic rings. The summed E-state index contributed by atoms with van der Waals surface area (Å²) < 4.78 is 28.6. The predicted molar refractivity (Wildman–Crippen MR) is 113 cm³/mol. The highest BCUT2D eigenvalue weighted by Crippen LogP contribution is 2.33. The van der Waals surface area contributed by atoms with Gasteiger partial charge in [-0.25, -0.2) is 8.42 Å². The molecule has 0 spiro atoms. The lowest BCUT2D eigenvalue weighted by Crippen LogP contribution is -2.34. The molecule has 0 radical (unpaired) electrons. The van der Waals surface area contributed by atoms with Gasteiger partial charge in [0.15, 0.2) is 0 Å². The Bertz CT molecular complexity index is 1050. The fourth-order valence-corrected chi connectivity index (χ4v) is 5.52. The summed E-state index contributed by atoms with van der Waals surface area (Å²) in [7, 11) is -3.46. The van der Waals surface area contributed by atoms with Crippen molar-refractivity contribution in [1.29, 1.82) is 0 Å². The molecule has 3 aromatic carbocycles. The molecule has 0 saturated carbocycles. The minimum absolute atomic E-state index is 0. The first kappa shape index (κ1) is 19.6. The topological polar surface area (TPSA) is 49.4 Å². The summed E-state index contributed by atoms with van der Waals surface area (Å²) in [5, 5.41) is 7.49. The second-order valence-electron chi connectivity index (χ2n) is 6.29. The number of nitrogens with zero attached hydrogens (tertiary/aromatic N) is 1. The highest BCUT2D eigenvalue weighted by molar-refractivity contribution is 9.10. The fraction of sp³-hybridized carbons (Fsp3) is 0.263. The van der Waals surface area contributed by atoms with Crippen LogP contribution in [0.4, 0.5) is 0 Å². The Morgan fingerprint density at radius 3 is 2.50 bits per heavy atom. The molecule has 7 heteroatoms. The smallest absolute Gasteiger partial charge is 0.243 e. The van der Waals surface area contributed by atoms with Crippen LogP contribution in [0.1, 0.15) is 6.42 Å². The number of rotatable bonds is 2. The van der Waals surface area contributed by atoms with Gasteiger partial charge in [-0.1, -0.05) is 46.3 Å². The Balaban J connectivity index is 0.00000196. The maximum absolute atomic E-state index is 13.0. The molecule has 0 unspecified atom stereocenters. The summed E-state index contributed by atoms with van der Waals surface area (Å²) >= 11 is 3.61. The van der Waals surface area contributed by atoms with Gasteiger partial charge in [-0.2, -0.15) is 4.31 Å². The SMILES string of the molecule is Cl.O=S(=O)(c1ccc2c(c1)cc(Br)c1ccccc12)N1CCCNCC1. The van der Waals surface area contributed by atoms with Crippen LogP contribution in [0.5, 0.6) is 0 Å². The molecule has 0 aromatic heterocycles. The standard InChI is InChI=1S/C19H19BrN2O2S.ClH/c20-19-13-14-12-15(25(23,24)22-10-3-8-21-9-11-22)6-7-16(14)17-4-1-2-5-18(17)19;/h1-2,4-7,12-13,21H,3,8-11H2;1H. The lowest BCUT2D eigenvalue weighted by molar-refractivity contribution is 0.432. The van der Waals surface area contributed by atoms with Crippen molar-refractivity contribution in [3.63, 3.8) is 0 Å². The highest BCUT2D eigenvalue weighted by atomic mass is 79.9. The second kappa shape index (κ2) is 7.82. The molecule has 4 rings (SSSR count). The van der Waals surface area contributed by atoms with Crippen molar-refractivity contribution in [2.24, 2.45) is 0 Å². The maximum atomic E-state index is 13.0. The molecule has 1 fully saturated rings. The van der Waals surface area contributed by atoms with Crippen LogP contribution in [0.2, 0.25) is 0 Å². The first-order valence-corrected chi connectivity index (χ1v) is 10.6. The van der Waals surface area contributed by atoms with E-state index in [9.17, 15) is 8.42 Å². The molecule has 1 saturated heterocycles. The van der Waals surface area contributed by atoms with Crippen LogP contribution in [-0.2, 0) is 10.0 Å². The van der Waals surface area contributed by atoms with E-state index in [0.717, 1.165) is 39.0 Å². The van der Waals surface area contributed by atoms with Gasteiger partial charge in [0.2, 0.25) is 10.0 Å². The van der Waals surface area contributed by atoms with E-state index >= 15 is 0 Å². The maximum Gasteiger partial charge on any atom is 0.243 e. The lowest BCUT2D eigenvalue weighted by Gasteiger charge is -2.20. The van der Waals surface area contributed by atoms with E-state index in [-0.39, 0.29) is 12.4 Å². The molecular weight excluding hydrogens is 436 g/mol. The van der Waals surface area contributed by atoms with Crippen molar-refractivity contribution in [1.82, 2.24) is 9.62 Å². The summed E-state index contributed by atoms with van der Waals surface area (Å²) in [4.78, 5) is 0.365. The molecule has 0 bridgehead atoms. The van der Waals surface area contributed by atoms with E-state index in [2.05, 4.69) is 33.4 Å². The molecule has 138 valence electrons. The summed E-state index contributed by atoms with van der Waals surface area (Å²) in [5.74, 6) is 0. The average Bonchev–Trinajstić information content (AvgIpc) is 2.91. The molecule has 1 N–H and O–H groups in total. The predicted octanol–water partition coefficient (Wildman–Crippen LogP) is 4.16.